The SMILES string of the molecule is CCCNCC(c1cccc(Cl)c1)C1CCCCC1. The van der Waals surface area contributed by atoms with Crippen LogP contribution in [0.25, 0.3) is 0 Å². The molecule has 1 unspecified atom stereocenters. The smallest absolute Gasteiger partial charge is 0.0408 e. The van der Waals surface area contributed by atoms with Gasteiger partial charge < -0.3 is 5.32 Å². The third-order valence-corrected chi connectivity index (χ3v) is 4.52. The molecule has 0 aromatic heterocycles. The molecule has 0 heterocycles. The minimum atomic E-state index is 0.630. The van der Waals surface area contributed by atoms with E-state index in [0.29, 0.717) is 5.92 Å². The van der Waals surface area contributed by atoms with Crippen molar-refractivity contribution in [2.75, 3.05) is 13.1 Å². The van der Waals surface area contributed by atoms with Crippen molar-refractivity contribution in [1.29, 1.82) is 0 Å². The lowest BCUT2D eigenvalue weighted by molar-refractivity contribution is 0.297. The molecule has 19 heavy (non-hydrogen) atoms. The zero-order chi connectivity index (χ0) is 13.5. The third kappa shape index (κ3) is 4.50. The van der Waals surface area contributed by atoms with E-state index >= 15 is 0 Å². The minimum absolute atomic E-state index is 0.630. The quantitative estimate of drug-likeness (QED) is 0.722. The van der Waals surface area contributed by atoms with Crippen molar-refractivity contribution in [3.8, 4) is 0 Å². The molecule has 0 aliphatic heterocycles. The second-order valence-corrected chi connectivity index (χ2v) is 6.20. The Kier molecular flexibility index (Phi) is 6.19. The Morgan fingerprint density at radius 2 is 2.05 bits per heavy atom. The van der Waals surface area contributed by atoms with Gasteiger partial charge in [0.1, 0.15) is 0 Å². The number of nitrogens with one attached hydrogen (secondary N) is 1. The number of benzene rings is 1. The summed E-state index contributed by atoms with van der Waals surface area (Å²) < 4.78 is 0. The molecule has 106 valence electrons. The van der Waals surface area contributed by atoms with Crippen LogP contribution in [-0.2, 0) is 0 Å². The van der Waals surface area contributed by atoms with Gasteiger partial charge in [0.2, 0.25) is 0 Å². The fraction of sp³-hybridized carbons (Fsp3) is 0.647. The van der Waals surface area contributed by atoms with E-state index in [2.05, 4.69) is 30.4 Å². The van der Waals surface area contributed by atoms with Gasteiger partial charge in [-0.15, -0.1) is 0 Å². The minimum Gasteiger partial charge on any atom is -0.316 e. The van der Waals surface area contributed by atoms with Gasteiger partial charge in [-0.1, -0.05) is 49.9 Å². The van der Waals surface area contributed by atoms with Crippen molar-refractivity contribution in [1.82, 2.24) is 5.32 Å². The molecule has 1 aliphatic rings. The highest BCUT2D eigenvalue weighted by Crippen LogP contribution is 2.36. The summed E-state index contributed by atoms with van der Waals surface area (Å²) in [5.41, 5.74) is 1.42. The van der Waals surface area contributed by atoms with Gasteiger partial charge >= 0.3 is 0 Å². The molecular formula is C17H26ClN. The molecule has 0 saturated heterocycles. The van der Waals surface area contributed by atoms with E-state index in [0.717, 1.165) is 24.0 Å². The van der Waals surface area contributed by atoms with Crippen LogP contribution in [0.5, 0.6) is 0 Å². The van der Waals surface area contributed by atoms with Gasteiger partial charge in [0.15, 0.2) is 0 Å². The summed E-state index contributed by atoms with van der Waals surface area (Å²) >= 11 is 6.17. The number of hydrogen-bond donors (Lipinski definition) is 1. The van der Waals surface area contributed by atoms with Crippen LogP contribution in [0.1, 0.15) is 56.9 Å². The summed E-state index contributed by atoms with van der Waals surface area (Å²) in [6.45, 7) is 4.44. The van der Waals surface area contributed by atoms with E-state index in [1.54, 1.807) is 0 Å². The van der Waals surface area contributed by atoms with Crippen molar-refractivity contribution in [2.24, 2.45) is 5.92 Å². The molecule has 1 atom stereocenters. The number of halogens is 1. The molecule has 0 spiro atoms. The molecule has 1 aromatic carbocycles. The van der Waals surface area contributed by atoms with Crippen molar-refractivity contribution < 1.29 is 0 Å². The average Bonchev–Trinajstić information content (AvgIpc) is 2.45. The molecule has 2 rings (SSSR count). The highest BCUT2D eigenvalue weighted by Gasteiger charge is 2.24. The van der Waals surface area contributed by atoms with Gasteiger partial charge in [0.05, 0.1) is 0 Å². The second kappa shape index (κ2) is 7.91. The molecule has 2 heteroatoms. The lowest BCUT2D eigenvalue weighted by Crippen LogP contribution is -2.28. The van der Waals surface area contributed by atoms with Crippen LogP contribution in [0.4, 0.5) is 0 Å². The maximum atomic E-state index is 6.17. The van der Waals surface area contributed by atoms with E-state index in [1.165, 1.54) is 44.1 Å². The van der Waals surface area contributed by atoms with Gasteiger partial charge in [0.25, 0.3) is 0 Å². The molecule has 1 aromatic rings. The number of hydrogen-bond acceptors (Lipinski definition) is 1. The molecule has 0 amide bonds. The normalized spacial score (nSPS) is 18.4. The average molecular weight is 280 g/mol. The van der Waals surface area contributed by atoms with E-state index in [4.69, 9.17) is 11.6 Å². The van der Waals surface area contributed by atoms with E-state index in [9.17, 15) is 0 Å². The molecular weight excluding hydrogens is 254 g/mol. The predicted molar refractivity (Wildman–Crippen MR) is 83.9 cm³/mol. The van der Waals surface area contributed by atoms with Gasteiger partial charge in [-0.05, 0) is 55.3 Å². The Morgan fingerprint density at radius 1 is 1.26 bits per heavy atom. The summed E-state index contributed by atoms with van der Waals surface area (Å²) in [5.74, 6) is 1.46. The summed E-state index contributed by atoms with van der Waals surface area (Å²) in [4.78, 5) is 0. The van der Waals surface area contributed by atoms with Crippen LogP contribution in [0.3, 0.4) is 0 Å². The van der Waals surface area contributed by atoms with Gasteiger partial charge in [-0.2, -0.15) is 0 Å². The van der Waals surface area contributed by atoms with Crippen LogP contribution in [0, 0.1) is 5.92 Å². The maximum absolute atomic E-state index is 6.17. The monoisotopic (exact) mass is 279 g/mol. The largest absolute Gasteiger partial charge is 0.316 e. The van der Waals surface area contributed by atoms with E-state index < -0.39 is 0 Å². The summed E-state index contributed by atoms with van der Waals surface area (Å²) in [5, 5.41) is 4.48. The van der Waals surface area contributed by atoms with E-state index in [-0.39, 0.29) is 0 Å². The first kappa shape index (κ1) is 14.9. The zero-order valence-corrected chi connectivity index (χ0v) is 12.8. The Labute approximate surface area is 122 Å². The van der Waals surface area contributed by atoms with Crippen LogP contribution in [0.15, 0.2) is 24.3 Å². The van der Waals surface area contributed by atoms with Crippen molar-refractivity contribution >= 4 is 11.6 Å². The first-order valence-corrected chi connectivity index (χ1v) is 8.15. The van der Waals surface area contributed by atoms with Crippen LogP contribution < -0.4 is 5.32 Å². The molecule has 0 radical (unpaired) electrons. The number of rotatable bonds is 6. The first-order valence-electron chi connectivity index (χ1n) is 7.77. The topological polar surface area (TPSA) is 12.0 Å². The van der Waals surface area contributed by atoms with Crippen LogP contribution in [-0.4, -0.2) is 13.1 Å². The highest BCUT2D eigenvalue weighted by molar-refractivity contribution is 6.30. The van der Waals surface area contributed by atoms with Crippen molar-refractivity contribution in [3.05, 3.63) is 34.9 Å². The van der Waals surface area contributed by atoms with Gasteiger partial charge in [-0.25, -0.2) is 0 Å². The Bertz CT molecular complexity index is 371. The molecule has 1 saturated carbocycles. The Balaban J connectivity index is 2.08. The first-order chi connectivity index (χ1) is 9.31. The molecule has 1 aliphatic carbocycles. The van der Waals surface area contributed by atoms with Gasteiger partial charge in [0, 0.05) is 11.6 Å². The standard InChI is InChI=1S/C17H26ClN/c1-2-11-19-13-17(14-7-4-3-5-8-14)15-9-6-10-16(18)12-15/h6,9-10,12,14,17,19H,2-5,7-8,11,13H2,1H3. The molecule has 0 bridgehead atoms. The zero-order valence-electron chi connectivity index (χ0n) is 12.0. The predicted octanol–water partition coefficient (Wildman–Crippen LogP) is 5.00. The van der Waals surface area contributed by atoms with Gasteiger partial charge in [-0.3, -0.25) is 0 Å². The fourth-order valence-corrected chi connectivity index (χ4v) is 3.46. The third-order valence-electron chi connectivity index (χ3n) is 4.29. The van der Waals surface area contributed by atoms with E-state index in [1.807, 2.05) is 6.07 Å². The Morgan fingerprint density at radius 3 is 2.74 bits per heavy atom. The maximum Gasteiger partial charge on any atom is 0.0408 e. The second-order valence-electron chi connectivity index (χ2n) is 5.76. The molecule has 1 N–H and O–H groups in total. The lowest BCUT2D eigenvalue weighted by atomic mass is 9.77. The van der Waals surface area contributed by atoms with Crippen molar-refractivity contribution in [3.63, 3.8) is 0 Å². The summed E-state index contributed by atoms with van der Waals surface area (Å²) in [6, 6.07) is 8.48. The highest BCUT2D eigenvalue weighted by atomic mass is 35.5. The van der Waals surface area contributed by atoms with Crippen LogP contribution >= 0.6 is 11.6 Å². The summed E-state index contributed by atoms with van der Waals surface area (Å²) in [6.07, 6.45) is 8.18. The lowest BCUT2D eigenvalue weighted by Gasteiger charge is -2.31. The summed E-state index contributed by atoms with van der Waals surface area (Å²) in [7, 11) is 0. The molecule has 1 nitrogen and oxygen atoms in total. The van der Waals surface area contributed by atoms with Crippen LogP contribution in [0.2, 0.25) is 5.02 Å². The Hall–Kier alpha value is -0.530. The van der Waals surface area contributed by atoms with Crippen molar-refractivity contribution in [2.45, 2.75) is 51.4 Å². The fourth-order valence-electron chi connectivity index (χ4n) is 3.26. The molecule has 1 fully saturated rings.